The van der Waals surface area contributed by atoms with Gasteiger partial charge >= 0.3 is 0 Å². The highest BCUT2D eigenvalue weighted by Crippen LogP contribution is 2.20. The van der Waals surface area contributed by atoms with Gasteiger partial charge in [0.25, 0.3) is 0 Å². The average molecular weight is 275 g/mol. The van der Waals surface area contributed by atoms with Gasteiger partial charge in [0.05, 0.1) is 12.3 Å². The van der Waals surface area contributed by atoms with E-state index >= 15 is 0 Å². The van der Waals surface area contributed by atoms with E-state index in [-0.39, 0.29) is 0 Å². The third kappa shape index (κ3) is 3.93. The molecule has 0 amide bonds. The molecular formula is C16H25N3O. The van der Waals surface area contributed by atoms with Crippen molar-refractivity contribution in [1.29, 1.82) is 0 Å². The Morgan fingerprint density at radius 3 is 3.00 bits per heavy atom. The highest BCUT2D eigenvalue weighted by molar-refractivity contribution is 5.16. The zero-order valence-corrected chi connectivity index (χ0v) is 12.3. The molecule has 110 valence electrons. The molecule has 2 fully saturated rings. The minimum Gasteiger partial charge on any atom is -0.478 e. The topological polar surface area (TPSA) is 37.4 Å². The fourth-order valence-corrected chi connectivity index (χ4v) is 2.82. The molecule has 3 rings (SSSR count). The first kappa shape index (κ1) is 13.8. The van der Waals surface area contributed by atoms with Crippen LogP contribution in [-0.4, -0.2) is 42.2 Å². The maximum Gasteiger partial charge on any atom is 0.213 e. The highest BCUT2D eigenvalue weighted by atomic mass is 16.5. The quantitative estimate of drug-likeness (QED) is 0.828. The largest absolute Gasteiger partial charge is 0.478 e. The first-order valence-electron chi connectivity index (χ1n) is 7.83. The lowest BCUT2D eigenvalue weighted by atomic mass is 10.1. The van der Waals surface area contributed by atoms with Crippen molar-refractivity contribution in [3.05, 3.63) is 23.9 Å². The summed E-state index contributed by atoms with van der Waals surface area (Å²) in [5, 5.41) is 3.48. The van der Waals surface area contributed by atoms with E-state index in [0.717, 1.165) is 37.2 Å². The molecule has 0 spiro atoms. The summed E-state index contributed by atoms with van der Waals surface area (Å²) in [6, 6.07) is 7.47. The number of aromatic nitrogens is 1. The SMILES string of the molecule is CN1CCCC1CCOc1cccc(CNC2CC2)n1. The van der Waals surface area contributed by atoms with Crippen molar-refractivity contribution in [3.63, 3.8) is 0 Å². The maximum atomic E-state index is 5.81. The fraction of sp³-hybridized carbons (Fsp3) is 0.688. The van der Waals surface area contributed by atoms with E-state index in [1.54, 1.807) is 0 Å². The Morgan fingerprint density at radius 2 is 2.25 bits per heavy atom. The molecule has 4 nitrogen and oxygen atoms in total. The smallest absolute Gasteiger partial charge is 0.213 e. The number of nitrogens with zero attached hydrogens (tertiary/aromatic N) is 2. The Bertz CT molecular complexity index is 433. The molecule has 1 N–H and O–H groups in total. The average Bonchev–Trinajstić information content (AvgIpc) is 3.20. The van der Waals surface area contributed by atoms with Crippen molar-refractivity contribution in [1.82, 2.24) is 15.2 Å². The van der Waals surface area contributed by atoms with E-state index in [1.165, 1.54) is 32.2 Å². The number of hydrogen-bond donors (Lipinski definition) is 1. The first-order valence-corrected chi connectivity index (χ1v) is 7.83. The monoisotopic (exact) mass is 275 g/mol. The lowest BCUT2D eigenvalue weighted by Gasteiger charge is -2.19. The van der Waals surface area contributed by atoms with Crippen molar-refractivity contribution in [2.45, 2.75) is 50.7 Å². The Balaban J connectivity index is 1.43. The van der Waals surface area contributed by atoms with Crippen LogP contribution in [0.2, 0.25) is 0 Å². The van der Waals surface area contributed by atoms with Crippen LogP contribution in [0.5, 0.6) is 5.88 Å². The summed E-state index contributed by atoms with van der Waals surface area (Å²) in [6.07, 6.45) is 6.35. The summed E-state index contributed by atoms with van der Waals surface area (Å²) >= 11 is 0. The Labute approximate surface area is 121 Å². The second-order valence-corrected chi connectivity index (χ2v) is 6.04. The molecule has 2 aliphatic rings. The van der Waals surface area contributed by atoms with E-state index in [1.807, 2.05) is 12.1 Å². The van der Waals surface area contributed by atoms with Gasteiger partial charge in [-0.2, -0.15) is 0 Å². The molecule has 0 radical (unpaired) electrons. The minimum absolute atomic E-state index is 0.690. The predicted octanol–water partition coefficient (Wildman–Crippen LogP) is 2.20. The first-order chi connectivity index (χ1) is 9.81. The van der Waals surface area contributed by atoms with Crippen LogP contribution in [0.1, 0.15) is 37.8 Å². The molecule has 20 heavy (non-hydrogen) atoms. The van der Waals surface area contributed by atoms with Gasteiger partial charge in [0.15, 0.2) is 0 Å². The molecule has 1 aromatic rings. The molecule has 1 saturated heterocycles. The Kier molecular flexibility index (Phi) is 4.53. The molecule has 1 aliphatic heterocycles. The highest BCUT2D eigenvalue weighted by Gasteiger charge is 2.21. The van der Waals surface area contributed by atoms with Gasteiger partial charge in [0.2, 0.25) is 5.88 Å². The van der Waals surface area contributed by atoms with Crippen LogP contribution in [-0.2, 0) is 6.54 Å². The van der Waals surface area contributed by atoms with E-state index in [9.17, 15) is 0 Å². The van der Waals surface area contributed by atoms with Crippen molar-refractivity contribution in [2.75, 3.05) is 20.2 Å². The Morgan fingerprint density at radius 1 is 1.35 bits per heavy atom. The van der Waals surface area contributed by atoms with E-state index in [0.29, 0.717) is 6.04 Å². The molecular weight excluding hydrogens is 250 g/mol. The third-order valence-corrected chi connectivity index (χ3v) is 4.30. The molecule has 4 heteroatoms. The van der Waals surface area contributed by atoms with E-state index < -0.39 is 0 Å². The number of ether oxygens (including phenoxy) is 1. The Hall–Kier alpha value is -1.13. The van der Waals surface area contributed by atoms with Crippen LogP contribution in [0, 0.1) is 0 Å². The third-order valence-electron chi connectivity index (χ3n) is 4.30. The van der Waals surface area contributed by atoms with Crippen LogP contribution in [0.25, 0.3) is 0 Å². The van der Waals surface area contributed by atoms with Crippen LogP contribution in [0.15, 0.2) is 18.2 Å². The molecule has 1 atom stereocenters. The summed E-state index contributed by atoms with van der Waals surface area (Å²) in [5.41, 5.74) is 1.08. The molecule has 0 aromatic carbocycles. The lowest BCUT2D eigenvalue weighted by Crippen LogP contribution is -2.26. The zero-order chi connectivity index (χ0) is 13.8. The predicted molar refractivity (Wildman–Crippen MR) is 79.9 cm³/mol. The summed E-state index contributed by atoms with van der Waals surface area (Å²) < 4.78 is 5.81. The minimum atomic E-state index is 0.690. The second kappa shape index (κ2) is 6.55. The van der Waals surface area contributed by atoms with Gasteiger partial charge in [-0.15, -0.1) is 0 Å². The lowest BCUT2D eigenvalue weighted by molar-refractivity contribution is 0.228. The van der Waals surface area contributed by atoms with Gasteiger partial charge in [0.1, 0.15) is 0 Å². The van der Waals surface area contributed by atoms with Crippen molar-refractivity contribution in [2.24, 2.45) is 0 Å². The van der Waals surface area contributed by atoms with Gasteiger partial charge in [-0.05, 0) is 51.8 Å². The van der Waals surface area contributed by atoms with Gasteiger partial charge in [0, 0.05) is 24.7 Å². The van der Waals surface area contributed by atoms with Crippen LogP contribution in [0.3, 0.4) is 0 Å². The molecule has 1 aromatic heterocycles. The molecule has 1 aliphatic carbocycles. The maximum absolute atomic E-state index is 5.81. The number of rotatable bonds is 7. The number of pyridine rings is 1. The summed E-state index contributed by atoms with van der Waals surface area (Å²) in [5.74, 6) is 0.765. The van der Waals surface area contributed by atoms with Gasteiger partial charge in [-0.1, -0.05) is 6.07 Å². The van der Waals surface area contributed by atoms with E-state index in [2.05, 4.69) is 28.3 Å². The number of likely N-dealkylation sites (tertiary alicyclic amines) is 1. The van der Waals surface area contributed by atoms with Gasteiger partial charge in [-0.25, -0.2) is 4.98 Å². The van der Waals surface area contributed by atoms with E-state index in [4.69, 9.17) is 4.74 Å². The van der Waals surface area contributed by atoms with Gasteiger partial charge in [-0.3, -0.25) is 0 Å². The van der Waals surface area contributed by atoms with Crippen LogP contribution < -0.4 is 10.1 Å². The zero-order valence-electron chi connectivity index (χ0n) is 12.3. The van der Waals surface area contributed by atoms with Crippen molar-refractivity contribution in [3.8, 4) is 5.88 Å². The molecule has 1 saturated carbocycles. The second-order valence-electron chi connectivity index (χ2n) is 6.04. The summed E-state index contributed by atoms with van der Waals surface area (Å²) in [7, 11) is 2.21. The van der Waals surface area contributed by atoms with Gasteiger partial charge < -0.3 is 15.0 Å². The van der Waals surface area contributed by atoms with Crippen LogP contribution >= 0.6 is 0 Å². The van der Waals surface area contributed by atoms with Crippen molar-refractivity contribution >= 4 is 0 Å². The fourth-order valence-electron chi connectivity index (χ4n) is 2.82. The number of hydrogen-bond acceptors (Lipinski definition) is 4. The van der Waals surface area contributed by atoms with Crippen molar-refractivity contribution < 1.29 is 4.74 Å². The molecule has 1 unspecified atom stereocenters. The molecule has 0 bridgehead atoms. The summed E-state index contributed by atoms with van der Waals surface area (Å²) in [6.45, 7) is 2.85. The van der Waals surface area contributed by atoms with Crippen LogP contribution in [0.4, 0.5) is 0 Å². The number of nitrogens with one attached hydrogen (secondary N) is 1. The standard InChI is InChI=1S/C16H25N3O/c1-19-10-3-5-15(19)9-11-20-16-6-2-4-14(18-16)12-17-13-7-8-13/h2,4,6,13,15,17H,3,5,7-12H2,1H3. The molecule has 2 heterocycles. The normalized spacial score (nSPS) is 23.1. The summed E-state index contributed by atoms with van der Waals surface area (Å²) in [4.78, 5) is 6.99.